The number of carbonyl (C=O) groups is 2. The van der Waals surface area contributed by atoms with Crippen LogP contribution in [0, 0.1) is 6.92 Å². The molecule has 2 aromatic carbocycles. The van der Waals surface area contributed by atoms with E-state index >= 15 is 0 Å². The highest BCUT2D eigenvalue weighted by molar-refractivity contribution is 5.93. The Hall–Kier alpha value is -3.71. The molecule has 1 aromatic heterocycles. The van der Waals surface area contributed by atoms with Crippen LogP contribution in [0.1, 0.15) is 29.5 Å². The van der Waals surface area contributed by atoms with Gasteiger partial charge < -0.3 is 10.2 Å². The first-order valence-electron chi connectivity index (χ1n) is 12.7. The highest BCUT2D eigenvalue weighted by Crippen LogP contribution is 2.24. The monoisotopic (exact) mass is 483 g/mol. The Bertz CT molecular complexity index is 1220. The van der Waals surface area contributed by atoms with Crippen LogP contribution in [-0.2, 0) is 16.1 Å². The van der Waals surface area contributed by atoms with Gasteiger partial charge in [0.15, 0.2) is 0 Å². The van der Waals surface area contributed by atoms with Crippen molar-refractivity contribution >= 4 is 17.9 Å². The van der Waals surface area contributed by atoms with Gasteiger partial charge in [0.25, 0.3) is 0 Å². The van der Waals surface area contributed by atoms with Crippen molar-refractivity contribution in [2.75, 3.05) is 32.7 Å². The Morgan fingerprint density at radius 3 is 2.42 bits per heavy atom. The van der Waals surface area contributed by atoms with Gasteiger partial charge in [-0.25, -0.2) is 0 Å². The molecule has 3 aromatic rings. The molecule has 0 bridgehead atoms. The van der Waals surface area contributed by atoms with E-state index in [1.807, 2.05) is 40.1 Å². The van der Waals surface area contributed by atoms with Gasteiger partial charge >= 0.3 is 0 Å². The van der Waals surface area contributed by atoms with E-state index in [2.05, 4.69) is 53.5 Å². The predicted octanol–water partition coefficient (Wildman–Crippen LogP) is 3.34. The van der Waals surface area contributed by atoms with Gasteiger partial charge in [0.1, 0.15) is 0 Å². The van der Waals surface area contributed by atoms with E-state index in [4.69, 9.17) is 5.10 Å². The molecule has 1 aliphatic carbocycles. The van der Waals surface area contributed by atoms with Crippen molar-refractivity contribution in [1.29, 1.82) is 0 Å². The van der Waals surface area contributed by atoms with E-state index in [9.17, 15) is 9.59 Å². The number of hydrogen-bond donors (Lipinski definition) is 1. The van der Waals surface area contributed by atoms with Gasteiger partial charge in [-0.2, -0.15) is 5.10 Å². The van der Waals surface area contributed by atoms with E-state index in [-0.39, 0.29) is 11.8 Å². The fourth-order valence-corrected chi connectivity index (χ4v) is 4.44. The van der Waals surface area contributed by atoms with E-state index < -0.39 is 0 Å². The molecule has 0 radical (unpaired) electrons. The summed E-state index contributed by atoms with van der Waals surface area (Å²) < 4.78 is 1.93. The average molecular weight is 484 g/mol. The van der Waals surface area contributed by atoms with Crippen molar-refractivity contribution in [3.05, 3.63) is 83.6 Å². The molecule has 2 fully saturated rings. The number of piperazine rings is 1. The minimum atomic E-state index is -0.0113. The Morgan fingerprint density at radius 1 is 1.00 bits per heavy atom. The molecular weight excluding hydrogens is 450 g/mol. The summed E-state index contributed by atoms with van der Waals surface area (Å²) in [5, 5.41) is 7.89. The zero-order valence-electron chi connectivity index (χ0n) is 20.8. The lowest BCUT2D eigenvalue weighted by Gasteiger charge is -2.33. The van der Waals surface area contributed by atoms with Crippen LogP contribution in [0.2, 0.25) is 0 Å². The number of rotatable bonds is 8. The molecule has 5 rings (SSSR count). The number of hydrogen-bond acceptors (Lipinski definition) is 4. The van der Waals surface area contributed by atoms with E-state index in [1.165, 1.54) is 11.1 Å². The molecule has 1 aliphatic heterocycles. The number of aromatic nitrogens is 2. The summed E-state index contributed by atoms with van der Waals surface area (Å²) in [5.74, 6) is 0.0797. The van der Waals surface area contributed by atoms with Gasteiger partial charge in [0.2, 0.25) is 11.8 Å². The standard InChI is InChI=1S/C29H33N5O2/c1-22-7-9-24(10-8-22)29-25(20-34(31-29)19-23-5-3-2-4-6-23)11-14-28(36)33-17-15-32(16-18-33)21-27(35)30-26-12-13-26/h2-11,14,20,26H,12-13,15-19,21H2,1H3,(H,30,35)/b14-11+. The summed E-state index contributed by atoms with van der Waals surface area (Å²) in [6.07, 6.45) is 7.72. The van der Waals surface area contributed by atoms with Gasteiger partial charge in [-0.15, -0.1) is 0 Å². The molecular formula is C29H33N5O2. The maximum absolute atomic E-state index is 13.0. The van der Waals surface area contributed by atoms with Crippen molar-refractivity contribution in [3.63, 3.8) is 0 Å². The zero-order valence-corrected chi connectivity index (χ0v) is 20.8. The molecule has 36 heavy (non-hydrogen) atoms. The van der Waals surface area contributed by atoms with Crippen molar-refractivity contribution in [2.24, 2.45) is 0 Å². The van der Waals surface area contributed by atoms with Gasteiger partial charge in [-0.05, 0) is 31.4 Å². The summed E-state index contributed by atoms with van der Waals surface area (Å²) in [4.78, 5) is 29.0. The van der Waals surface area contributed by atoms with Crippen LogP contribution < -0.4 is 5.32 Å². The van der Waals surface area contributed by atoms with Crippen LogP contribution in [0.25, 0.3) is 17.3 Å². The molecule has 7 nitrogen and oxygen atoms in total. The van der Waals surface area contributed by atoms with Crippen molar-refractivity contribution in [3.8, 4) is 11.3 Å². The van der Waals surface area contributed by atoms with Crippen LogP contribution in [0.15, 0.2) is 66.9 Å². The highest BCUT2D eigenvalue weighted by atomic mass is 16.2. The predicted molar refractivity (Wildman–Crippen MR) is 141 cm³/mol. The van der Waals surface area contributed by atoms with Gasteiger partial charge in [-0.3, -0.25) is 19.2 Å². The van der Waals surface area contributed by atoms with E-state index in [1.54, 1.807) is 6.08 Å². The number of carbonyl (C=O) groups excluding carboxylic acids is 2. The molecule has 0 atom stereocenters. The van der Waals surface area contributed by atoms with Crippen LogP contribution in [0.5, 0.6) is 0 Å². The van der Waals surface area contributed by atoms with Gasteiger partial charge in [0, 0.05) is 55.6 Å². The minimum absolute atomic E-state index is 0.0113. The summed E-state index contributed by atoms with van der Waals surface area (Å²) in [6, 6.07) is 18.9. The summed E-state index contributed by atoms with van der Waals surface area (Å²) in [5.41, 5.74) is 5.17. The van der Waals surface area contributed by atoms with Gasteiger partial charge in [-0.1, -0.05) is 60.2 Å². The number of benzene rings is 2. The normalized spacial score (nSPS) is 16.4. The number of aryl methyl sites for hydroxylation is 1. The van der Waals surface area contributed by atoms with E-state index in [0.29, 0.717) is 45.3 Å². The second kappa shape index (κ2) is 10.9. The van der Waals surface area contributed by atoms with Crippen LogP contribution >= 0.6 is 0 Å². The third-order valence-corrected chi connectivity index (χ3v) is 6.70. The Kier molecular flexibility index (Phi) is 7.28. The molecule has 1 saturated heterocycles. The Morgan fingerprint density at radius 2 is 1.72 bits per heavy atom. The first kappa shape index (κ1) is 24.0. The van der Waals surface area contributed by atoms with Crippen LogP contribution in [-0.4, -0.2) is 70.2 Å². The quantitative estimate of drug-likeness (QED) is 0.499. The second-order valence-corrected chi connectivity index (χ2v) is 9.76. The topological polar surface area (TPSA) is 70.5 Å². The van der Waals surface area contributed by atoms with Crippen molar-refractivity contribution < 1.29 is 9.59 Å². The Labute approximate surface area is 212 Å². The first-order chi connectivity index (χ1) is 17.5. The van der Waals surface area contributed by atoms with Crippen LogP contribution in [0.3, 0.4) is 0 Å². The van der Waals surface area contributed by atoms with Crippen LogP contribution in [0.4, 0.5) is 0 Å². The summed E-state index contributed by atoms with van der Waals surface area (Å²) in [7, 11) is 0. The number of amides is 2. The molecule has 7 heteroatoms. The molecule has 0 unspecified atom stereocenters. The molecule has 2 amide bonds. The third kappa shape index (κ3) is 6.29. The smallest absolute Gasteiger partial charge is 0.246 e. The maximum Gasteiger partial charge on any atom is 0.246 e. The summed E-state index contributed by atoms with van der Waals surface area (Å²) in [6.45, 7) is 5.81. The summed E-state index contributed by atoms with van der Waals surface area (Å²) >= 11 is 0. The van der Waals surface area contributed by atoms with Crippen molar-refractivity contribution in [2.45, 2.75) is 32.4 Å². The molecule has 2 heterocycles. The molecule has 1 saturated carbocycles. The molecule has 0 spiro atoms. The van der Waals surface area contributed by atoms with Crippen molar-refractivity contribution in [1.82, 2.24) is 24.9 Å². The fourth-order valence-electron chi connectivity index (χ4n) is 4.44. The number of nitrogens with one attached hydrogen (secondary N) is 1. The molecule has 186 valence electrons. The molecule has 2 aliphatic rings. The lowest BCUT2D eigenvalue weighted by Crippen LogP contribution is -2.51. The lowest BCUT2D eigenvalue weighted by atomic mass is 10.1. The average Bonchev–Trinajstić information content (AvgIpc) is 3.61. The lowest BCUT2D eigenvalue weighted by molar-refractivity contribution is -0.128. The second-order valence-electron chi connectivity index (χ2n) is 9.76. The first-order valence-corrected chi connectivity index (χ1v) is 12.7. The SMILES string of the molecule is Cc1ccc(-c2nn(Cc3ccccc3)cc2/C=C/C(=O)N2CCN(CC(=O)NC3CC3)CC2)cc1. The third-order valence-electron chi connectivity index (χ3n) is 6.70. The maximum atomic E-state index is 13.0. The largest absolute Gasteiger partial charge is 0.352 e. The Balaban J connectivity index is 1.25. The van der Waals surface area contributed by atoms with Gasteiger partial charge in [0.05, 0.1) is 18.8 Å². The minimum Gasteiger partial charge on any atom is -0.352 e. The highest BCUT2D eigenvalue weighted by Gasteiger charge is 2.26. The molecule has 1 N–H and O–H groups in total. The zero-order chi connectivity index (χ0) is 24.9. The van der Waals surface area contributed by atoms with E-state index in [0.717, 1.165) is 29.7 Å². The number of nitrogens with zero attached hydrogens (tertiary/aromatic N) is 4. The fraction of sp³-hybridized carbons (Fsp3) is 0.345.